The first-order chi connectivity index (χ1) is 12.8. The highest BCUT2D eigenvalue weighted by Crippen LogP contribution is 2.13. The highest BCUT2D eigenvalue weighted by molar-refractivity contribution is 5.07. The van der Waals surface area contributed by atoms with Gasteiger partial charge in [-0.1, -0.05) is 58.2 Å². The molecule has 0 radical (unpaired) electrons. The third-order valence-corrected chi connectivity index (χ3v) is 4.81. The first kappa shape index (κ1) is 25.7. The second-order valence-corrected chi connectivity index (χ2v) is 8.15. The minimum absolute atomic E-state index is 0.258. The molecule has 0 saturated heterocycles. The molecule has 0 rings (SSSR count). The average molecular weight is 373 g/mol. The maximum absolute atomic E-state index is 8.90. The summed E-state index contributed by atoms with van der Waals surface area (Å²) in [5.74, 6) is 0. The molecule has 0 aromatic carbocycles. The molecule has 0 bridgehead atoms. The number of hydrogen-bond acceptors (Lipinski definition) is 1. The Kier molecular flexibility index (Phi) is 16.0. The van der Waals surface area contributed by atoms with E-state index in [0.29, 0.717) is 0 Å². The lowest BCUT2D eigenvalue weighted by molar-refractivity contribution is 0.299. The van der Waals surface area contributed by atoms with Crippen molar-refractivity contribution in [2.24, 2.45) is 0 Å². The Hall–Kier alpha value is -1.34. The molecule has 0 aromatic heterocycles. The summed E-state index contributed by atoms with van der Waals surface area (Å²) in [6.45, 7) is 13.4. The van der Waals surface area contributed by atoms with Gasteiger partial charge in [-0.25, -0.2) is 0 Å². The third-order valence-electron chi connectivity index (χ3n) is 4.81. The number of aliphatic hydroxyl groups is 1. The lowest BCUT2D eigenvalue weighted by Crippen LogP contribution is -1.84. The van der Waals surface area contributed by atoms with Crippen molar-refractivity contribution in [3.8, 4) is 0 Å². The van der Waals surface area contributed by atoms with Gasteiger partial charge in [-0.15, -0.1) is 0 Å². The van der Waals surface area contributed by atoms with E-state index < -0.39 is 0 Å². The van der Waals surface area contributed by atoms with Gasteiger partial charge >= 0.3 is 0 Å². The van der Waals surface area contributed by atoms with Crippen LogP contribution < -0.4 is 0 Å². The smallest absolute Gasteiger partial charge is 0.0468 e. The van der Waals surface area contributed by atoms with E-state index in [2.05, 4.69) is 71.9 Å². The summed E-state index contributed by atoms with van der Waals surface area (Å²) in [5, 5.41) is 8.90. The van der Waals surface area contributed by atoms with Crippen LogP contribution in [-0.4, -0.2) is 11.7 Å². The molecule has 0 unspecified atom stereocenters. The summed E-state index contributed by atoms with van der Waals surface area (Å²) in [4.78, 5) is 0. The Morgan fingerprint density at radius 1 is 0.481 bits per heavy atom. The van der Waals surface area contributed by atoms with E-state index in [-0.39, 0.29) is 6.61 Å². The number of aliphatic hydroxyl groups excluding tert-OH is 1. The molecule has 0 spiro atoms. The van der Waals surface area contributed by atoms with Crippen molar-refractivity contribution >= 4 is 0 Å². The summed E-state index contributed by atoms with van der Waals surface area (Å²) < 4.78 is 0. The van der Waals surface area contributed by atoms with Gasteiger partial charge in [-0.2, -0.15) is 0 Å². The van der Waals surface area contributed by atoms with Crippen molar-refractivity contribution in [2.45, 2.75) is 99.3 Å². The largest absolute Gasteiger partial charge is 0.396 e. The first-order valence-electron chi connectivity index (χ1n) is 10.7. The maximum Gasteiger partial charge on any atom is 0.0468 e. The molecule has 0 saturated carbocycles. The average Bonchev–Trinajstić information content (AvgIpc) is 2.58. The summed E-state index contributed by atoms with van der Waals surface area (Å²) >= 11 is 0. The molecule has 0 aliphatic rings. The Bertz CT molecular complexity index is 537. The third kappa shape index (κ3) is 17.8. The Labute approximate surface area is 169 Å². The predicted molar refractivity (Wildman–Crippen MR) is 123 cm³/mol. The highest BCUT2D eigenvalue weighted by atomic mass is 16.2. The maximum atomic E-state index is 8.90. The lowest BCUT2D eigenvalue weighted by Gasteiger charge is -2.02. The fraction of sp³-hybridized carbons (Fsp3) is 0.615. The van der Waals surface area contributed by atoms with Crippen LogP contribution in [0.3, 0.4) is 0 Å². The van der Waals surface area contributed by atoms with Crippen molar-refractivity contribution in [1.29, 1.82) is 0 Å². The van der Waals surface area contributed by atoms with E-state index in [4.69, 9.17) is 5.11 Å². The summed E-state index contributed by atoms with van der Waals surface area (Å²) in [6.07, 6.45) is 21.8. The number of allylic oxidation sites excluding steroid dienone is 9. The van der Waals surface area contributed by atoms with Gasteiger partial charge in [0.1, 0.15) is 0 Å². The molecule has 154 valence electrons. The van der Waals surface area contributed by atoms with Crippen LogP contribution in [0.1, 0.15) is 99.3 Å². The zero-order valence-electron chi connectivity index (χ0n) is 18.9. The van der Waals surface area contributed by atoms with Crippen molar-refractivity contribution in [3.05, 3.63) is 58.2 Å². The van der Waals surface area contributed by atoms with Gasteiger partial charge in [0.05, 0.1) is 0 Å². The molecule has 0 aliphatic heterocycles. The van der Waals surface area contributed by atoms with E-state index in [0.717, 1.165) is 38.5 Å². The fourth-order valence-corrected chi connectivity index (χ4v) is 2.93. The quantitative estimate of drug-likeness (QED) is 0.240. The van der Waals surface area contributed by atoms with E-state index in [9.17, 15) is 0 Å². The number of hydrogen-bond donors (Lipinski definition) is 1. The molecule has 27 heavy (non-hydrogen) atoms. The van der Waals surface area contributed by atoms with Crippen LogP contribution in [-0.2, 0) is 0 Å². The van der Waals surface area contributed by atoms with Crippen LogP contribution in [0.5, 0.6) is 0 Å². The lowest BCUT2D eigenvalue weighted by atomic mass is 10.0. The van der Waals surface area contributed by atoms with Crippen LogP contribution >= 0.6 is 0 Å². The predicted octanol–water partition coefficient (Wildman–Crippen LogP) is 8.24. The van der Waals surface area contributed by atoms with Crippen molar-refractivity contribution in [2.75, 3.05) is 6.61 Å². The molecule has 1 nitrogen and oxygen atoms in total. The molecule has 1 heteroatoms. The second-order valence-electron chi connectivity index (χ2n) is 8.15. The Balaban J connectivity index is 4.01. The first-order valence-corrected chi connectivity index (χ1v) is 10.7. The molecule has 0 heterocycles. The van der Waals surface area contributed by atoms with Gasteiger partial charge in [0, 0.05) is 6.61 Å². The molecule has 0 fully saturated rings. The fourth-order valence-electron chi connectivity index (χ4n) is 2.93. The molecule has 0 aliphatic carbocycles. The molecular formula is C26H44O. The summed E-state index contributed by atoms with van der Waals surface area (Å²) in [5.41, 5.74) is 7.22. The van der Waals surface area contributed by atoms with Crippen molar-refractivity contribution in [3.63, 3.8) is 0 Å². The van der Waals surface area contributed by atoms with Gasteiger partial charge in [-0.3, -0.25) is 0 Å². The van der Waals surface area contributed by atoms with Gasteiger partial charge in [-0.05, 0) is 99.3 Å². The van der Waals surface area contributed by atoms with Crippen LogP contribution in [0, 0.1) is 0 Å². The number of unbranched alkanes of at least 4 members (excludes halogenated alkanes) is 1. The minimum atomic E-state index is 0.258. The second kappa shape index (κ2) is 16.8. The minimum Gasteiger partial charge on any atom is -0.396 e. The topological polar surface area (TPSA) is 20.2 Å². The molecular weight excluding hydrogens is 328 g/mol. The van der Waals surface area contributed by atoms with Crippen LogP contribution in [0.25, 0.3) is 0 Å². The molecule has 1 N–H and O–H groups in total. The summed E-state index contributed by atoms with van der Waals surface area (Å²) in [6, 6.07) is 0. The Morgan fingerprint density at radius 3 is 1.19 bits per heavy atom. The normalized spacial score (nSPS) is 13.9. The van der Waals surface area contributed by atoms with Crippen LogP contribution in [0.2, 0.25) is 0 Å². The zero-order chi connectivity index (χ0) is 20.5. The monoisotopic (exact) mass is 372 g/mol. The van der Waals surface area contributed by atoms with Crippen LogP contribution in [0.15, 0.2) is 58.2 Å². The van der Waals surface area contributed by atoms with Gasteiger partial charge in [0.15, 0.2) is 0 Å². The van der Waals surface area contributed by atoms with E-state index in [1.807, 2.05) is 0 Å². The van der Waals surface area contributed by atoms with Gasteiger partial charge in [0.2, 0.25) is 0 Å². The van der Waals surface area contributed by atoms with Gasteiger partial charge < -0.3 is 5.11 Å². The van der Waals surface area contributed by atoms with E-state index >= 15 is 0 Å². The van der Waals surface area contributed by atoms with Crippen molar-refractivity contribution in [1.82, 2.24) is 0 Å². The van der Waals surface area contributed by atoms with E-state index in [1.165, 1.54) is 47.1 Å². The SMILES string of the molecule is CC(C)=CCCC(C)=CCCC(C)=CCCC=C(C)CCC=C(C)CCO. The summed E-state index contributed by atoms with van der Waals surface area (Å²) in [7, 11) is 0. The zero-order valence-corrected chi connectivity index (χ0v) is 18.9. The highest BCUT2D eigenvalue weighted by Gasteiger charge is 1.93. The van der Waals surface area contributed by atoms with Crippen molar-refractivity contribution < 1.29 is 5.11 Å². The molecule has 0 aromatic rings. The number of rotatable bonds is 14. The molecule has 0 amide bonds. The van der Waals surface area contributed by atoms with Gasteiger partial charge in [0.25, 0.3) is 0 Å². The van der Waals surface area contributed by atoms with Crippen LogP contribution in [0.4, 0.5) is 0 Å². The standard InChI is InChI=1S/C26H44O/c1-22(2)12-9-15-25(5)18-10-16-23(3)13-7-8-14-24(4)17-11-19-26(6)20-21-27/h12-14,18-19,27H,7-11,15-17,20-21H2,1-6H3. The van der Waals surface area contributed by atoms with E-state index in [1.54, 1.807) is 0 Å². The molecule has 0 atom stereocenters. The Morgan fingerprint density at radius 2 is 0.815 bits per heavy atom.